The van der Waals surface area contributed by atoms with Crippen LogP contribution in [0.1, 0.15) is 38.3 Å². The molecule has 1 heteroatoms. The van der Waals surface area contributed by atoms with Gasteiger partial charge >= 0.3 is 0 Å². The van der Waals surface area contributed by atoms with E-state index in [-0.39, 0.29) is 0 Å². The first-order valence-corrected chi connectivity index (χ1v) is 5.69. The number of nitrogens with one attached hydrogen (secondary N) is 1. The molecular weight excluding hydrogens is 182 g/mol. The first-order valence-electron chi connectivity index (χ1n) is 5.69. The topological polar surface area (TPSA) is 12.0 Å². The normalized spacial score (nSPS) is 14.5. The van der Waals surface area contributed by atoms with Gasteiger partial charge in [0.05, 0.1) is 0 Å². The average Bonchev–Trinajstić information content (AvgIpc) is 2.27. The minimum atomic E-state index is 0.459. The second-order valence-corrected chi connectivity index (χ2v) is 3.96. The molecule has 0 fully saturated rings. The van der Waals surface area contributed by atoms with Crippen LogP contribution in [0, 0.1) is 0 Å². The molecule has 1 rings (SSSR count). The fourth-order valence-electron chi connectivity index (χ4n) is 1.80. The standard InChI is InChI=1S/C14H21N/c1-4-9-12(3)15-14(5-2)13-10-7-6-8-11-13/h4,6-8,10-12,14-15H,1,5,9H2,2-3H3. The van der Waals surface area contributed by atoms with Crippen molar-refractivity contribution in [3.63, 3.8) is 0 Å². The van der Waals surface area contributed by atoms with Gasteiger partial charge in [0, 0.05) is 12.1 Å². The molecule has 2 unspecified atom stereocenters. The molecule has 0 bridgehead atoms. The van der Waals surface area contributed by atoms with E-state index in [9.17, 15) is 0 Å². The fraction of sp³-hybridized carbons (Fsp3) is 0.429. The van der Waals surface area contributed by atoms with Crippen molar-refractivity contribution in [2.75, 3.05) is 0 Å². The summed E-state index contributed by atoms with van der Waals surface area (Å²) in [6.45, 7) is 8.18. The third kappa shape index (κ3) is 3.88. The van der Waals surface area contributed by atoms with Gasteiger partial charge in [-0.1, -0.05) is 43.3 Å². The lowest BCUT2D eigenvalue weighted by Crippen LogP contribution is -2.29. The van der Waals surface area contributed by atoms with E-state index in [2.05, 4.69) is 56.1 Å². The summed E-state index contributed by atoms with van der Waals surface area (Å²) in [5.41, 5.74) is 1.37. The minimum absolute atomic E-state index is 0.459. The van der Waals surface area contributed by atoms with Crippen LogP contribution in [-0.4, -0.2) is 6.04 Å². The van der Waals surface area contributed by atoms with Crippen LogP contribution < -0.4 is 5.32 Å². The Labute approximate surface area is 93.2 Å². The molecule has 0 aliphatic rings. The quantitative estimate of drug-likeness (QED) is 0.695. The van der Waals surface area contributed by atoms with Gasteiger partial charge < -0.3 is 5.32 Å². The van der Waals surface area contributed by atoms with Crippen molar-refractivity contribution in [3.05, 3.63) is 48.6 Å². The van der Waals surface area contributed by atoms with E-state index >= 15 is 0 Å². The van der Waals surface area contributed by atoms with Crippen LogP contribution in [-0.2, 0) is 0 Å². The first-order chi connectivity index (χ1) is 7.27. The third-order valence-electron chi connectivity index (χ3n) is 2.62. The van der Waals surface area contributed by atoms with Crippen LogP contribution >= 0.6 is 0 Å². The summed E-state index contributed by atoms with van der Waals surface area (Å²) in [7, 11) is 0. The summed E-state index contributed by atoms with van der Waals surface area (Å²) in [4.78, 5) is 0. The zero-order valence-corrected chi connectivity index (χ0v) is 9.74. The highest BCUT2D eigenvalue weighted by Gasteiger charge is 2.10. The van der Waals surface area contributed by atoms with Crippen LogP contribution in [0.5, 0.6) is 0 Å². The molecule has 1 nitrogen and oxygen atoms in total. The summed E-state index contributed by atoms with van der Waals surface area (Å²) in [6.07, 6.45) is 4.10. The van der Waals surface area contributed by atoms with Gasteiger partial charge in [-0.2, -0.15) is 0 Å². The van der Waals surface area contributed by atoms with Crippen LogP contribution in [0.4, 0.5) is 0 Å². The summed E-state index contributed by atoms with van der Waals surface area (Å²) in [6, 6.07) is 11.6. The van der Waals surface area contributed by atoms with Crippen LogP contribution in [0.25, 0.3) is 0 Å². The predicted octanol–water partition coefficient (Wildman–Crippen LogP) is 3.69. The Bertz CT molecular complexity index is 279. The number of benzene rings is 1. The molecule has 0 aliphatic carbocycles. The largest absolute Gasteiger partial charge is 0.307 e. The smallest absolute Gasteiger partial charge is 0.0320 e. The maximum atomic E-state index is 3.77. The maximum absolute atomic E-state index is 3.77. The lowest BCUT2D eigenvalue weighted by atomic mass is 10.0. The van der Waals surface area contributed by atoms with Gasteiger partial charge in [-0.3, -0.25) is 0 Å². The third-order valence-corrected chi connectivity index (χ3v) is 2.62. The summed E-state index contributed by atoms with van der Waals surface area (Å²) in [5.74, 6) is 0. The molecule has 1 aromatic carbocycles. The van der Waals surface area contributed by atoms with E-state index in [1.807, 2.05) is 6.08 Å². The van der Waals surface area contributed by atoms with Gasteiger partial charge in [-0.05, 0) is 25.3 Å². The van der Waals surface area contributed by atoms with Gasteiger partial charge in [0.25, 0.3) is 0 Å². The highest BCUT2D eigenvalue weighted by molar-refractivity contribution is 5.18. The van der Waals surface area contributed by atoms with E-state index in [4.69, 9.17) is 0 Å². The molecule has 1 N–H and O–H groups in total. The molecule has 15 heavy (non-hydrogen) atoms. The molecule has 2 atom stereocenters. The molecule has 0 heterocycles. The Morgan fingerprint density at radius 3 is 2.53 bits per heavy atom. The molecule has 82 valence electrons. The molecule has 0 aromatic heterocycles. The molecular formula is C14H21N. The van der Waals surface area contributed by atoms with E-state index in [1.54, 1.807) is 0 Å². The monoisotopic (exact) mass is 203 g/mol. The highest BCUT2D eigenvalue weighted by Crippen LogP contribution is 2.17. The second kappa shape index (κ2) is 6.41. The van der Waals surface area contributed by atoms with Gasteiger partial charge in [-0.25, -0.2) is 0 Å². The molecule has 0 saturated carbocycles. The summed E-state index contributed by atoms with van der Waals surface area (Å²) in [5, 5.41) is 3.61. The van der Waals surface area contributed by atoms with E-state index < -0.39 is 0 Å². The Hall–Kier alpha value is -1.08. The summed E-state index contributed by atoms with van der Waals surface area (Å²) < 4.78 is 0. The van der Waals surface area contributed by atoms with Crippen molar-refractivity contribution in [2.24, 2.45) is 0 Å². The Balaban J connectivity index is 2.60. The fourth-order valence-corrected chi connectivity index (χ4v) is 1.80. The zero-order chi connectivity index (χ0) is 11.1. The molecule has 0 amide bonds. The minimum Gasteiger partial charge on any atom is -0.307 e. The Morgan fingerprint density at radius 2 is 2.00 bits per heavy atom. The van der Waals surface area contributed by atoms with E-state index in [0.29, 0.717) is 12.1 Å². The van der Waals surface area contributed by atoms with Gasteiger partial charge in [0.2, 0.25) is 0 Å². The SMILES string of the molecule is C=CCC(C)NC(CC)c1ccccc1. The van der Waals surface area contributed by atoms with Gasteiger partial charge in [0.1, 0.15) is 0 Å². The lowest BCUT2D eigenvalue weighted by molar-refractivity contribution is 0.448. The number of hydrogen-bond acceptors (Lipinski definition) is 1. The van der Waals surface area contributed by atoms with Crippen LogP contribution in [0.15, 0.2) is 43.0 Å². The second-order valence-electron chi connectivity index (χ2n) is 3.96. The number of rotatable bonds is 6. The highest BCUT2D eigenvalue weighted by atomic mass is 14.9. The van der Waals surface area contributed by atoms with Crippen molar-refractivity contribution >= 4 is 0 Å². The average molecular weight is 203 g/mol. The summed E-state index contributed by atoms with van der Waals surface area (Å²) >= 11 is 0. The van der Waals surface area contributed by atoms with Crippen molar-refractivity contribution in [2.45, 2.75) is 38.8 Å². The molecule has 0 aliphatic heterocycles. The number of hydrogen-bond donors (Lipinski definition) is 1. The van der Waals surface area contributed by atoms with E-state index in [1.165, 1.54) is 5.56 Å². The van der Waals surface area contributed by atoms with Crippen molar-refractivity contribution in [3.8, 4) is 0 Å². The van der Waals surface area contributed by atoms with Crippen molar-refractivity contribution in [1.82, 2.24) is 5.32 Å². The van der Waals surface area contributed by atoms with Crippen LogP contribution in [0.3, 0.4) is 0 Å². The molecule has 0 spiro atoms. The molecule has 1 aromatic rings. The molecule has 0 saturated heterocycles. The Kier molecular flexibility index (Phi) is 5.13. The first kappa shape index (κ1) is 12.0. The predicted molar refractivity (Wildman–Crippen MR) is 66.9 cm³/mol. The molecule has 0 radical (unpaired) electrons. The van der Waals surface area contributed by atoms with E-state index in [0.717, 1.165) is 12.8 Å². The lowest BCUT2D eigenvalue weighted by Gasteiger charge is -2.21. The van der Waals surface area contributed by atoms with Gasteiger partial charge in [-0.15, -0.1) is 6.58 Å². The Morgan fingerprint density at radius 1 is 1.33 bits per heavy atom. The van der Waals surface area contributed by atoms with Crippen molar-refractivity contribution < 1.29 is 0 Å². The van der Waals surface area contributed by atoms with Crippen LogP contribution in [0.2, 0.25) is 0 Å². The maximum Gasteiger partial charge on any atom is 0.0320 e. The van der Waals surface area contributed by atoms with Gasteiger partial charge in [0.15, 0.2) is 0 Å². The van der Waals surface area contributed by atoms with Crippen molar-refractivity contribution in [1.29, 1.82) is 0 Å². The zero-order valence-electron chi connectivity index (χ0n) is 9.74.